The lowest BCUT2D eigenvalue weighted by atomic mass is 9.98. The van der Waals surface area contributed by atoms with Crippen LogP contribution in [0.3, 0.4) is 0 Å². The van der Waals surface area contributed by atoms with Crippen LogP contribution in [0, 0.1) is 0 Å². The molecule has 0 atom stereocenters. The van der Waals surface area contributed by atoms with E-state index in [1.807, 2.05) is 13.8 Å². The molecule has 1 aromatic rings. The lowest BCUT2D eigenvalue weighted by molar-refractivity contribution is 0.0643. The maximum Gasteiger partial charge on any atom is 0.340 e. The number of carboxylic acids is 2. The quantitative estimate of drug-likeness (QED) is 0.622. The zero-order valence-corrected chi connectivity index (χ0v) is 14.6. The van der Waals surface area contributed by atoms with Gasteiger partial charge in [-0.25, -0.2) is 9.59 Å². The first-order valence-electron chi connectivity index (χ1n) is 8.60. The highest BCUT2D eigenvalue weighted by Gasteiger charge is 2.36. The minimum atomic E-state index is -1.37. The smallest absolute Gasteiger partial charge is 0.340 e. The lowest BCUT2D eigenvalue weighted by Crippen LogP contribution is -2.15. The fraction of sp³-hybridized carbons (Fsp3) is 0.556. The predicted octanol–water partition coefficient (Wildman–Crippen LogP) is 3.38. The van der Waals surface area contributed by atoms with Gasteiger partial charge < -0.3 is 24.4 Å². The van der Waals surface area contributed by atoms with Crippen LogP contribution in [-0.4, -0.2) is 42.0 Å². The zero-order valence-electron chi connectivity index (χ0n) is 14.6. The molecule has 1 aromatic carbocycles. The van der Waals surface area contributed by atoms with Crippen LogP contribution in [0.2, 0.25) is 0 Å². The van der Waals surface area contributed by atoms with Crippen molar-refractivity contribution in [3.63, 3.8) is 0 Å². The van der Waals surface area contributed by atoms with E-state index >= 15 is 0 Å². The monoisotopic (exact) mass is 352 g/mol. The number of fused-ring (bicyclic) bond motifs is 1. The van der Waals surface area contributed by atoms with Gasteiger partial charge in [-0.1, -0.05) is 26.7 Å². The summed E-state index contributed by atoms with van der Waals surface area (Å²) in [5, 5.41) is 19.2. The van der Waals surface area contributed by atoms with Crippen LogP contribution in [-0.2, 0) is 6.42 Å². The van der Waals surface area contributed by atoms with Crippen LogP contribution < -0.4 is 14.2 Å². The van der Waals surface area contributed by atoms with Crippen molar-refractivity contribution in [2.45, 2.75) is 46.0 Å². The van der Waals surface area contributed by atoms with Crippen molar-refractivity contribution in [1.29, 1.82) is 0 Å². The maximum atomic E-state index is 11.8. The minimum Gasteiger partial charge on any atom is -0.492 e. The number of ether oxygens (including phenoxy) is 3. The van der Waals surface area contributed by atoms with Gasteiger partial charge in [-0.05, 0) is 12.8 Å². The Morgan fingerprint density at radius 2 is 1.52 bits per heavy atom. The normalized spacial score (nSPS) is 12.4. The number of unbranched alkanes of at least 4 members (excludes halogenated alkanes) is 2. The van der Waals surface area contributed by atoms with Crippen molar-refractivity contribution in [2.75, 3.05) is 19.8 Å². The van der Waals surface area contributed by atoms with Gasteiger partial charge >= 0.3 is 11.9 Å². The average molecular weight is 352 g/mol. The van der Waals surface area contributed by atoms with E-state index < -0.39 is 17.5 Å². The second-order valence-electron chi connectivity index (χ2n) is 5.83. The molecule has 25 heavy (non-hydrogen) atoms. The summed E-state index contributed by atoms with van der Waals surface area (Å²) in [7, 11) is 0. The number of hydrogen-bond donors (Lipinski definition) is 2. The summed E-state index contributed by atoms with van der Waals surface area (Å²) in [4.78, 5) is 23.5. The molecule has 7 nitrogen and oxygen atoms in total. The molecule has 1 aliphatic heterocycles. The Kier molecular flexibility index (Phi) is 6.50. The number of carboxylic acid groups (broad SMARTS) is 2. The van der Waals surface area contributed by atoms with Gasteiger partial charge in [-0.2, -0.15) is 0 Å². The van der Waals surface area contributed by atoms with E-state index in [9.17, 15) is 19.8 Å². The molecule has 1 heterocycles. The van der Waals surface area contributed by atoms with E-state index in [0.717, 1.165) is 25.7 Å². The highest BCUT2D eigenvalue weighted by atomic mass is 16.5. The van der Waals surface area contributed by atoms with E-state index in [2.05, 4.69) is 0 Å². The lowest BCUT2D eigenvalue weighted by Gasteiger charge is -2.19. The van der Waals surface area contributed by atoms with Crippen LogP contribution in [0.15, 0.2) is 0 Å². The number of carbonyl (C=O) groups is 2. The summed E-state index contributed by atoms with van der Waals surface area (Å²) in [6.45, 7) is 4.99. The standard InChI is InChI=1S/C18H24O7/c1-3-5-8-23-15-11-7-10-25-14(11)12(17(19)20)13(18(21)22)16(15)24-9-6-4-2/h3-10H2,1-2H3,(H,19,20)(H,21,22). The molecule has 0 aliphatic carbocycles. The third-order valence-corrected chi connectivity index (χ3v) is 3.97. The first kappa shape index (κ1) is 18.9. The Hall–Kier alpha value is -2.44. The minimum absolute atomic E-state index is 0.00120. The van der Waals surface area contributed by atoms with Gasteiger partial charge in [0.25, 0.3) is 0 Å². The Bertz CT molecular complexity index is 652. The van der Waals surface area contributed by atoms with Crippen LogP contribution >= 0.6 is 0 Å². The SMILES string of the molecule is CCCCOc1c2c(c(C(=O)O)c(C(=O)O)c1OCCCC)OCC2. The molecule has 1 aliphatic rings. The summed E-state index contributed by atoms with van der Waals surface area (Å²) in [5.74, 6) is -2.34. The van der Waals surface area contributed by atoms with Crippen molar-refractivity contribution in [3.8, 4) is 17.2 Å². The molecule has 2 rings (SSSR count). The number of hydrogen-bond acceptors (Lipinski definition) is 5. The number of aromatic carboxylic acids is 2. The second kappa shape index (κ2) is 8.60. The molecule has 0 aromatic heterocycles. The third-order valence-electron chi connectivity index (χ3n) is 3.97. The third kappa shape index (κ3) is 3.97. The highest BCUT2D eigenvalue weighted by molar-refractivity contribution is 6.07. The second-order valence-corrected chi connectivity index (χ2v) is 5.83. The Morgan fingerprint density at radius 1 is 0.960 bits per heavy atom. The van der Waals surface area contributed by atoms with E-state index in [1.165, 1.54) is 0 Å². The molecule has 2 N–H and O–H groups in total. The first-order chi connectivity index (χ1) is 12.0. The van der Waals surface area contributed by atoms with Gasteiger partial charge in [0.15, 0.2) is 11.5 Å². The molecule has 7 heteroatoms. The van der Waals surface area contributed by atoms with E-state index in [4.69, 9.17) is 14.2 Å². The van der Waals surface area contributed by atoms with Crippen LogP contribution in [0.5, 0.6) is 17.2 Å². The topological polar surface area (TPSA) is 102 Å². The van der Waals surface area contributed by atoms with Gasteiger partial charge in [0.1, 0.15) is 16.9 Å². The van der Waals surface area contributed by atoms with E-state index in [0.29, 0.717) is 30.9 Å². The summed E-state index contributed by atoms with van der Waals surface area (Å²) < 4.78 is 16.9. The molecule has 0 spiro atoms. The molecule has 0 saturated heterocycles. The molecular weight excluding hydrogens is 328 g/mol. The van der Waals surface area contributed by atoms with Crippen molar-refractivity contribution < 1.29 is 34.0 Å². The number of benzene rings is 1. The summed E-state index contributed by atoms with van der Waals surface area (Å²) in [5.41, 5.74) is -0.199. The largest absolute Gasteiger partial charge is 0.492 e. The highest BCUT2D eigenvalue weighted by Crippen LogP contribution is 2.47. The summed E-state index contributed by atoms with van der Waals surface area (Å²) in [6, 6.07) is 0. The van der Waals surface area contributed by atoms with Crippen molar-refractivity contribution in [1.82, 2.24) is 0 Å². The van der Waals surface area contributed by atoms with Crippen molar-refractivity contribution in [2.24, 2.45) is 0 Å². The zero-order chi connectivity index (χ0) is 18.4. The molecule has 0 radical (unpaired) electrons. The predicted molar refractivity (Wildman–Crippen MR) is 90.4 cm³/mol. The maximum absolute atomic E-state index is 11.8. The van der Waals surface area contributed by atoms with Gasteiger partial charge in [0, 0.05) is 12.0 Å². The van der Waals surface area contributed by atoms with Crippen LogP contribution in [0.25, 0.3) is 0 Å². The van der Waals surface area contributed by atoms with Gasteiger partial charge in [-0.15, -0.1) is 0 Å². The fourth-order valence-electron chi connectivity index (χ4n) is 2.71. The molecule has 138 valence electrons. The van der Waals surface area contributed by atoms with E-state index in [-0.39, 0.29) is 23.7 Å². The fourth-order valence-corrected chi connectivity index (χ4v) is 2.71. The Balaban J connectivity index is 2.62. The average Bonchev–Trinajstić information content (AvgIpc) is 3.04. The van der Waals surface area contributed by atoms with E-state index in [1.54, 1.807) is 0 Å². The molecule has 0 saturated carbocycles. The molecule has 0 bridgehead atoms. The van der Waals surface area contributed by atoms with Crippen LogP contribution in [0.1, 0.15) is 65.8 Å². The van der Waals surface area contributed by atoms with Crippen molar-refractivity contribution in [3.05, 3.63) is 16.7 Å². The molecule has 0 unspecified atom stereocenters. The number of rotatable bonds is 10. The summed E-state index contributed by atoms with van der Waals surface area (Å²) in [6.07, 6.45) is 3.77. The van der Waals surface area contributed by atoms with Gasteiger partial charge in [-0.3, -0.25) is 0 Å². The molecule has 0 amide bonds. The summed E-state index contributed by atoms with van der Waals surface area (Å²) >= 11 is 0. The van der Waals surface area contributed by atoms with Gasteiger partial charge in [0.05, 0.1) is 19.8 Å². The molecular formula is C18H24O7. The van der Waals surface area contributed by atoms with Crippen molar-refractivity contribution >= 4 is 11.9 Å². The van der Waals surface area contributed by atoms with Gasteiger partial charge in [0.2, 0.25) is 0 Å². The molecule has 0 fully saturated rings. The first-order valence-corrected chi connectivity index (χ1v) is 8.60. The van der Waals surface area contributed by atoms with Crippen LogP contribution in [0.4, 0.5) is 0 Å². The Labute approximate surface area is 146 Å². The Morgan fingerprint density at radius 3 is 2.04 bits per heavy atom.